The van der Waals surface area contributed by atoms with Gasteiger partial charge in [0.2, 0.25) is 23.6 Å². The van der Waals surface area contributed by atoms with E-state index in [-0.39, 0.29) is 24.4 Å². The molecule has 0 spiro atoms. The van der Waals surface area contributed by atoms with E-state index in [1.807, 2.05) is 19.1 Å². The summed E-state index contributed by atoms with van der Waals surface area (Å²) in [4.78, 5) is 57.5. The van der Waals surface area contributed by atoms with Crippen molar-refractivity contribution in [1.82, 2.24) is 4.90 Å². The first kappa shape index (κ1) is 24.5. The number of imide groups is 1. The second-order valence-corrected chi connectivity index (χ2v) is 10.3. The molecular formula is C27H25Cl2N3O4. The van der Waals surface area contributed by atoms with Gasteiger partial charge in [0.15, 0.2) is 0 Å². The van der Waals surface area contributed by atoms with Gasteiger partial charge in [-0.2, -0.15) is 0 Å². The molecule has 3 atom stereocenters. The zero-order valence-electron chi connectivity index (χ0n) is 19.7. The summed E-state index contributed by atoms with van der Waals surface area (Å²) < 4.78 is 0. The van der Waals surface area contributed by atoms with Crippen LogP contribution >= 0.6 is 23.2 Å². The molecule has 0 radical (unpaired) electrons. The van der Waals surface area contributed by atoms with Crippen molar-refractivity contribution in [3.8, 4) is 0 Å². The van der Waals surface area contributed by atoms with Gasteiger partial charge in [-0.3, -0.25) is 29.0 Å². The molecule has 4 amide bonds. The maximum atomic E-state index is 13.9. The van der Waals surface area contributed by atoms with E-state index >= 15 is 0 Å². The van der Waals surface area contributed by atoms with Crippen LogP contribution in [0.1, 0.15) is 24.8 Å². The van der Waals surface area contributed by atoms with Crippen LogP contribution in [0.3, 0.4) is 0 Å². The highest BCUT2D eigenvalue weighted by molar-refractivity contribution is 6.31. The normalized spacial score (nSPS) is 23.4. The number of benzene rings is 2. The monoisotopic (exact) mass is 525 g/mol. The Bertz CT molecular complexity index is 1250. The number of hydrogen-bond acceptors (Lipinski definition) is 4. The Morgan fingerprint density at radius 2 is 1.58 bits per heavy atom. The molecule has 2 aromatic carbocycles. The van der Waals surface area contributed by atoms with Crippen LogP contribution in [0.2, 0.25) is 10.0 Å². The van der Waals surface area contributed by atoms with Crippen molar-refractivity contribution >= 4 is 58.2 Å². The smallest absolute Gasteiger partial charge is 0.241 e. The second-order valence-electron chi connectivity index (χ2n) is 9.41. The molecule has 2 aliphatic heterocycles. The van der Waals surface area contributed by atoms with Gasteiger partial charge in [0.25, 0.3) is 0 Å². The fourth-order valence-corrected chi connectivity index (χ4v) is 5.45. The molecule has 9 heteroatoms. The number of fused-ring (bicyclic) bond motifs is 1. The van der Waals surface area contributed by atoms with Crippen LogP contribution in [-0.2, 0) is 19.2 Å². The third-order valence-corrected chi connectivity index (χ3v) is 7.92. The lowest BCUT2D eigenvalue weighted by Gasteiger charge is -2.29. The van der Waals surface area contributed by atoms with E-state index < -0.39 is 23.7 Å². The Balaban J connectivity index is 1.44. The van der Waals surface area contributed by atoms with Crippen molar-refractivity contribution in [2.75, 3.05) is 23.0 Å². The number of nitrogens with zero attached hydrogens (tertiary/aromatic N) is 3. The number of likely N-dealkylation sites (tertiary alicyclic amines) is 1. The molecule has 3 aliphatic rings. The molecule has 2 aromatic rings. The number of carbonyl (C=O) groups is 4. The number of carbonyl (C=O) groups excluding carboxylic acids is 4. The van der Waals surface area contributed by atoms with E-state index in [0.717, 1.165) is 10.5 Å². The molecule has 0 bridgehead atoms. The summed E-state index contributed by atoms with van der Waals surface area (Å²) in [6, 6.07) is 12.0. The highest BCUT2D eigenvalue weighted by Gasteiger charge is 2.49. The third-order valence-electron chi connectivity index (χ3n) is 7.26. The van der Waals surface area contributed by atoms with Gasteiger partial charge in [-0.15, -0.1) is 0 Å². The predicted molar refractivity (Wildman–Crippen MR) is 138 cm³/mol. The molecule has 2 fully saturated rings. The first-order valence-electron chi connectivity index (χ1n) is 11.9. The SMILES string of the molecule is Cc1ccc(N(CN2C(=O)[C@H]3CC=CC[C@H]3C2=O)C(=O)[C@H]2CCN(c3ccc(Cl)cc3)C2=O)cc1Cl. The molecule has 36 heavy (non-hydrogen) atoms. The van der Waals surface area contributed by atoms with E-state index in [1.165, 1.54) is 4.90 Å². The lowest BCUT2D eigenvalue weighted by Crippen LogP contribution is -2.48. The van der Waals surface area contributed by atoms with Crippen molar-refractivity contribution in [2.45, 2.75) is 26.2 Å². The molecular weight excluding hydrogens is 501 g/mol. The van der Waals surface area contributed by atoms with Gasteiger partial charge in [0.05, 0.1) is 11.8 Å². The topological polar surface area (TPSA) is 78.0 Å². The molecule has 7 nitrogen and oxygen atoms in total. The van der Waals surface area contributed by atoms with Crippen molar-refractivity contribution in [1.29, 1.82) is 0 Å². The number of hydrogen-bond donors (Lipinski definition) is 0. The Morgan fingerprint density at radius 1 is 0.944 bits per heavy atom. The molecule has 1 aliphatic carbocycles. The van der Waals surface area contributed by atoms with Crippen molar-refractivity contribution in [3.05, 3.63) is 70.2 Å². The molecule has 2 saturated heterocycles. The standard InChI is InChI=1S/C27H25Cl2N3O4/c1-16-6-9-19(14-23(16)29)31(15-32-24(33)20-4-2-3-5-21(20)25(32)34)27(36)22-12-13-30(26(22)35)18-10-7-17(28)8-11-18/h2-3,6-11,14,20-22H,4-5,12-13,15H2,1H3/t20-,21+,22-/m0/s1. The fourth-order valence-electron chi connectivity index (χ4n) is 5.15. The number of anilines is 2. The van der Waals surface area contributed by atoms with Crippen LogP contribution in [-0.4, -0.2) is 41.7 Å². The quantitative estimate of drug-likeness (QED) is 0.324. The van der Waals surface area contributed by atoms with Crippen LogP contribution < -0.4 is 9.80 Å². The maximum Gasteiger partial charge on any atom is 0.241 e. The third kappa shape index (κ3) is 4.31. The summed E-state index contributed by atoms with van der Waals surface area (Å²) in [7, 11) is 0. The van der Waals surface area contributed by atoms with Crippen LogP contribution in [0.25, 0.3) is 0 Å². The van der Waals surface area contributed by atoms with Crippen molar-refractivity contribution in [2.24, 2.45) is 17.8 Å². The van der Waals surface area contributed by atoms with E-state index in [2.05, 4.69) is 0 Å². The summed E-state index contributed by atoms with van der Waals surface area (Å²) in [5, 5.41) is 0.999. The Morgan fingerprint density at radius 3 is 2.19 bits per heavy atom. The molecule has 0 saturated carbocycles. The fraction of sp³-hybridized carbons (Fsp3) is 0.333. The number of aryl methyl sites for hydroxylation is 1. The molecule has 0 N–H and O–H groups in total. The number of rotatable bonds is 5. The molecule has 0 unspecified atom stereocenters. The van der Waals surface area contributed by atoms with Crippen LogP contribution in [0, 0.1) is 24.7 Å². The largest absolute Gasteiger partial charge is 0.312 e. The van der Waals surface area contributed by atoms with Gasteiger partial charge < -0.3 is 4.90 Å². The highest BCUT2D eigenvalue weighted by atomic mass is 35.5. The zero-order chi connectivity index (χ0) is 25.6. The van der Waals surface area contributed by atoms with Gasteiger partial charge in [-0.1, -0.05) is 41.4 Å². The van der Waals surface area contributed by atoms with Gasteiger partial charge in [-0.25, -0.2) is 0 Å². The summed E-state index contributed by atoms with van der Waals surface area (Å²) in [6.07, 6.45) is 5.16. The Labute approximate surface area is 219 Å². The summed E-state index contributed by atoms with van der Waals surface area (Å²) in [5.74, 6) is -3.13. The summed E-state index contributed by atoms with van der Waals surface area (Å²) in [5.41, 5.74) is 1.91. The average Bonchev–Trinajstić information content (AvgIpc) is 3.37. The summed E-state index contributed by atoms with van der Waals surface area (Å²) >= 11 is 12.3. The minimum absolute atomic E-state index is 0.256. The highest BCUT2D eigenvalue weighted by Crippen LogP contribution is 2.36. The van der Waals surface area contributed by atoms with Gasteiger partial charge in [0, 0.05) is 28.0 Å². The van der Waals surface area contributed by atoms with Crippen molar-refractivity contribution in [3.63, 3.8) is 0 Å². The van der Waals surface area contributed by atoms with Crippen molar-refractivity contribution < 1.29 is 19.2 Å². The maximum absolute atomic E-state index is 13.9. The van der Waals surface area contributed by atoms with Crippen LogP contribution in [0.5, 0.6) is 0 Å². The number of allylic oxidation sites excluding steroid dienone is 2. The molecule has 2 heterocycles. The number of amides is 4. The average molecular weight is 526 g/mol. The zero-order valence-corrected chi connectivity index (χ0v) is 21.2. The van der Waals surface area contributed by atoms with Crippen LogP contribution in [0.4, 0.5) is 11.4 Å². The first-order valence-corrected chi connectivity index (χ1v) is 12.7. The minimum atomic E-state index is -0.947. The molecule has 5 rings (SSSR count). The summed E-state index contributed by atoms with van der Waals surface area (Å²) in [6.45, 7) is 1.96. The Kier molecular flexibility index (Phi) is 6.62. The molecule has 186 valence electrons. The van der Waals surface area contributed by atoms with Crippen LogP contribution in [0.15, 0.2) is 54.6 Å². The predicted octanol–water partition coefficient (Wildman–Crippen LogP) is 4.60. The van der Waals surface area contributed by atoms with Gasteiger partial charge >= 0.3 is 0 Å². The van der Waals surface area contributed by atoms with E-state index in [0.29, 0.717) is 47.2 Å². The van der Waals surface area contributed by atoms with E-state index in [9.17, 15) is 19.2 Å². The Hall–Kier alpha value is -3.16. The first-order chi connectivity index (χ1) is 17.3. The lowest BCUT2D eigenvalue weighted by molar-refractivity contribution is -0.140. The van der Waals surface area contributed by atoms with Gasteiger partial charge in [-0.05, 0) is 68.1 Å². The number of halogens is 2. The van der Waals surface area contributed by atoms with Gasteiger partial charge in [0.1, 0.15) is 12.6 Å². The lowest BCUT2D eigenvalue weighted by atomic mass is 9.85. The second kappa shape index (κ2) is 9.71. The molecule has 0 aromatic heterocycles. The van der Waals surface area contributed by atoms with E-state index in [1.54, 1.807) is 47.4 Å². The van der Waals surface area contributed by atoms with E-state index in [4.69, 9.17) is 23.2 Å². The minimum Gasteiger partial charge on any atom is -0.312 e.